The van der Waals surface area contributed by atoms with Gasteiger partial charge in [-0.05, 0) is 53.3 Å². The van der Waals surface area contributed by atoms with Crippen LogP contribution in [-0.2, 0) is 0 Å². The number of rotatable bonds is 2. The van der Waals surface area contributed by atoms with Crippen molar-refractivity contribution in [3.05, 3.63) is 45.9 Å². The number of halogens is 1. The molecule has 0 radical (unpaired) electrons. The monoisotopic (exact) mass is 378 g/mol. The average Bonchev–Trinajstić information content (AvgIpc) is 2.82. The van der Waals surface area contributed by atoms with E-state index in [2.05, 4.69) is 62.2 Å². The summed E-state index contributed by atoms with van der Waals surface area (Å²) < 4.78 is 3.30. The Morgan fingerprint density at radius 1 is 1.20 bits per heavy atom. The molecule has 0 aliphatic carbocycles. The Hall–Kier alpha value is -1.63. The molecule has 0 spiro atoms. The van der Waals surface area contributed by atoms with Gasteiger partial charge in [-0.15, -0.1) is 0 Å². The van der Waals surface area contributed by atoms with E-state index in [0.29, 0.717) is 0 Å². The van der Waals surface area contributed by atoms with Crippen LogP contribution in [0.5, 0.6) is 0 Å². The third-order valence-electron chi connectivity index (χ3n) is 3.24. The van der Waals surface area contributed by atoms with Crippen LogP contribution < -0.4 is 4.90 Å². The lowest BCUT2D eigenvalue weighted by atomic mass is 10.2. The van der Waals surface area contributed by atoms with Crippen molar-refractivity contribution in [1.82, 2.24) is 14.4 Å². The van der Waals surface area contributed by atoms with Crippen molar-refractivity contribution in [3.8, 4) is 11.3 Å². The van der Waals surface area contributed by atoms with Gasteiger partial charge in [0.15, 0.2) is 0 Å². The van der Waals surface area contributed by atoms with Gasteiger partial charge in [0.2, 0.25) is 0 Å². The Bertz CT molecular complexity index is 720. The summed E-state index contributed by atoms with van der Waals surface area (Å²) in [6, 6.07) is 6.17. The third-order valence-corrected chi connectivity index (χ3v) is 4.37. The van der Waals surface area contributed by atoms with Crippen molar-refractivity contribution in [2.75, 3.05) is 19.0 Å². The molecule has 3 heterocycles. The second kappa shape index (κ2) is 5.05. The molecule has 5 heteroatoms. The lowest BCUT2D eigenvalue weighted by Gasteiger charge is -2.10. The van der Waals surface area contributed by atoms with E-state index in [-0.39, 0.29) is 0 Å². The average molecular weight is 378 g/mol. The summed E-state index contributed by atoms with van der Waals surface area (Å²) in [4.78, 5) is 11.1. The van der Waals surface area contributed by atoms with Crippen molar-refractivity contribution in [3.63, 3.8) is 0 Å². The fraction of sp³-hybridized carbons (Fsp3) is 0.200. The first-order chi connectivity index (χ1) is 9.54. The second-order valence-corrected chi connectivity index (χ2v) is 6.16. The Morgan fingerprint density at radius 2 is 2.00 bits per heavy atom. The first-order valence-electron chi connectivity index (χ1n) is 6.33. The maximum absolute atomic E-state index is 4.67. The molecule has 20 heavy (non-hydrogen) atoms. The highest BCUT2D eigenvalue weighted by atomic mass is 127. The number of fused-ring (bicyclic) bond motifs is 1. The second-order valence-electron chi connectivity index (χ2n) is 5.00. The molecule has 0 atom stereocenters. The standard InChI is InChI=1S/C15H15IN4/c1-10-6-15-18-13(9-20(15)8-12(10)16)11-4-5-14(17-7-11)19(2)3/h4-9H,1-3H3. The quantitative estimate of drug-likeness (QED) is 0.642. The van der Waals surface area contributed by atoms with Gasteiger partial charge < -0.3 is 9.30 Å². The summed E-state index contributed by atoms with van der Waals surface area (Å²) in [6.45, 7) is 2.10. The Morgan fingerprint density at radius 3 is 2.65 bits per heavy atom. The van der Waals surface area contributed by atoms with Gasteiger partial charge in [0.1, 0.15) is 11.5 Å². The van der Waals surface area contributed by atoms with E-state index in [1.807, 2.05) is 37.5 Å². The molecule has 0 saturated heterocycles. The normalized spacial score (nSPS) is 11.0. The summed E-state index contributed by atoms with van der Waals surface area (Å²) in [5.41, 5.74) is 4.20. The molecule has 3 aromatic rings. The number of aromatic nitrogens is 3. The maximum atomic E-state index is 4.67. The van der Waals surface area contributed by atoms with E-state index in [4.69, 9.17) is 0 Å². The van der Waals surface area contributed by atoms with Crippen LogP contribution in [0.2, 0.25) is 0 Å². The molecule has 102 valence electrons. The van der Waals surface area contributed by atoms with Crippen LogP contribution in [-0.4, -0.2) is 28.5 Å². The van der Waals surface area contributed by atoms with Crippen molar-refractivity contribution >= 4 is 34.1 Å². The number of hydrogen-bond acceptors (Lipinski definition) is 3. The van der Waals surface area contributed by atoms with Crippen LogP contribution in [0, 0.1) is 10.5 Å². The summed E-state index contributed by atoms with van der Waals surface area (Å²) in [7, 11) is 3.97. The Labute approximate surface area is 131 Å². The van der Waals surface area contributed by atoms with Gasteiger partial charge in [0.25, 0.3) is 0 Å². The molecule has 0 fully saturated rings. The van der Waals surface area contributed by atoms with Crippen LogP contribution in [0.15, 0.2) is 36.8 Å². The molecule has 0 aliphatic heterocycles. The highest BCUT2D eigenvalue weighted by Crippen LogP contribution is 2.22. The molecule has 0 unspecified atom stereocenters. The molecular weight excluding hydrogens is 363 g/mol. The minimum atomic E-state index is 0.947. The lowest BCUT2D eigenvalue weighted by Crippen LogP contribution is -2.09. The fourth-order valence-corrected chi connectivity index (χ4v) is 2.50. The molecule has 0 aromatic carbocycles. The van der Waals surface area contributed by atoms with Gasteiger partial charge >= 0.3 is 0 Å². The maximum Gasteiger partial charge on any atom is 0.137 e. The first kappa shape index (κ1) is 13.4. The molecule has 0 N–H and O–H groups in total. The van der Waals surface area contributed by atoms with E-state index >= 15 is 0 Å². The van der Waals surface area contributed by atoms with Crippen LogP contribution in [0.3, 0.4) is 0 Å². The number of hydrogen-bond donors (Lipinski definition) is 0. The van der Waals surface area contributed by atoms with Crippen LogP contribution in [0.4, 0.5) is 5.82 Å². The number of pyridine rings is 2. The lowest BCUT2D eigenvalue weighted by molar-refractivity contribution is 1.07. The van der Waals surface area contributed by atoms with E-state index in [9.17, 15) is 0 Å². The number of anilines is 1. The van der Waals surface area contributed by atoms with Gasteiger partial charge in [-0.3, -0.25) is 0 Å². The topological polar surface area (TPSA) is 33.4 Å². The zero-order valence-corrected chi connectivity index (χ0v) is 13.8. The molecule has 3 rings (SSSR count). The molecule has 0 bridgehead atoms. The SMILES string of the molecule is Cc1cc2nc(-c3ccc(N(C)C)nc3)cn2cc1I. The summed E-state index contributed by atoms with van der Waals surface area (Å²) >= 11 is 2.34. The molecule has 0 aliphatic rings. The Balaban J connectivity index is 2.05. The van der Waals surface area contributed by atoms with Crippen LogP contribution >= 0.6 is 22.6 Å². The van der Waals surface area contributed by atoms with E-state index in [1.165, 1.54) is 9.13 Å². The largest absolute Gasteiger partial charge is 0.363 e. The van der Waals surface area contributed by atoms with Crippen molar-refractivity contribution < 1.29 is 0 Å². The predicted octanol–water partition coefficient (Wildman–Crippen LogP) is 3.38. The van der Waals surface area contributed by atoms with Crippen molar-refractivity contribution in [2.45, 2.75) is 6.92 Å². The first-order valence-corrected chi connectivity index (χ1v) is 7.41. The summed E-state index contributed by atoms with van der Waals surface area (Å²) in [5, 5.41) is 0. The predicted molar refractivity (Wildman–Crippen MR) is 90.2 cm³/mol. The van der Waals surface area contributed by atoms with Crippen molar-refractivity contribution in [2.24, 2.45) is 0 Å². The summed E-state index contributed by atoms with van der Waals surface area (Å²) in [6.07, 6.45) is 6.02. The minimum absolute atomic E-state index is 0.947. The van der Waals surface area contributed by atoms with Gasteiger partial charge in [-0.25, -0.2) is 9.97 Å². The van der Waals surface area contributed by atoms with Gasteiger partial charge in [-0.2, -0.15) is 0 Å². The molecule has 3 aromatic heterocycles. The molecule has 0 amide bonds. The van der Waals surface area contributed by atoms with E-state index in [0.717, 1.165) is 22.7 Å². The fourth-order valence-electron chi connectivity index (χ4n) is 2.05. The molecular formula is C15H15IN4. The van der Waals surface area contributed by atoms with E-state index < -0.39 is 0 Å². The van der Waals surface area contributed by atoms with Crippen LogP contribution in [0.1, 0.15) is 5.56 Å². The van der Waals surface area contributed by atoms with E-state index in [1.54, 1.807) is 0 Å². The third kappa shape index (κ3) is 2.37. The van der Waals surface area contributed by atoms with Gasteiger partial charge in [-0.1, -0.05) is 0 Å². The number of aryl methyl sites for hydroxylation is 1. The van der Waals surface area contributed by atoms with Gasteiger partial charge in [0.05, 0.1) is 5.69 Å². The molecule has 0 saturated carbocycles. The smallest absolute Gasteiger partial charge is 0.137 e. The minimum Gasteiger partial charge on any atom is -0.363 e. The zero-order chi connectivity index (χ0) is 14.3. The summed E-state index contributed by atoms with van der Waals surface area (Å²) in [5.74, 6) is 0.947. The van der Waals surface area contributed by atoms with Crippen LogP contribution in [0.25, 0.3) is 16.9 Å². The Kier molecular flexibility index (Phi) is 3.37. The van der Waals surface area contributed by atoms with Crippen molar-refractivity contribution in [1.29, 1.82) is 0 Å². The highest BCUT2D eigenvalue weighted by Gasteiger charge is 2.07. The number of nitrogens with zero attached hydrogens (tertiary/aromatic N) is 4. The zero-order valence-electron chi connectivity index (χ0n) is 11.6. The number of imidazole rings is 1. The van der Waals surface area contributed by atoms with Gasteiger partial charge in [0, 0.05) is 41.8 Å². The molecule has 4 nitrogen and oxygen atoms in total. The highest BCUT2D eigenvalue weighted by molar-refractivity contribution is 14.1.